The average molecular weight is 311 g/mol. The number of alkyl halides is 1. The number of hydrogen-bond donors (Lipinski definition) is 1. The number of benzene rings is 1. The van der Waals surface area contributed by atoms with E-state index < -0.39 is 6.09 Å². The van der Waals surface area contributed by atoms with E-state index in [1.54, 1.807) is 11.3 Å². The molecule has 0 unspecified atom stereocenters. The Morgan fingerprint density at radius 1 is 1.35 bits per heavy atom. The Bertz CT molecular complexity index is 545. The monoisotopic (exact) mass is 310 g/mol. The third kappa shape index (κ3) is 4.83. The number of rotatable bonds is 6. The van der Waals surface area contributed by atoms with Crippen LogP contribution in [-0.2, 0) is 17.7 Å². The first-order valence-corrected chi connectivity index (χ1v) is 7.63. The Morgan fingerprint density at radius 2 is 2.15 bits per heavy atom. The average Bonchev–Trinajstić information content (AvgIpc) is 2.91. The first-order chi connectivity index (χ1) is 9.78. The van der Waals surface area contributed by atoms with Gasteiger partial charge in [-0.25, -0.2) is 9.78 Å². The highest BCUT2D eigenvalue weighted by molar-refractivity contribution is 7.09. The van der Waals surface area contributed by atoms with Crippen LogP contribution in [0.2, 0.25) is 0 Å². The zero-order chi connectivity index (χ0) is 14.2. The lowest BCUT2D eigenvalue weighted by Gasteiger charge is -2.03. The van der Waals surface area contributed by atoms with Crippen molar-refractivity contribution in [1.82, 2.24) is 10.3 Å². The molecule has 1 aromatic carbocycles. The van der Waals surface area contributed by atoms with Gasteiger partial charge in [-0.3, -0.25) is 0 Å². The summed E-state index contributed by atoms with van der Waals surface area (Å²) in [5, 5.41) is 5.61. The van der Waals surface area contributed by atoms with Gasteiger partial charge in [-0.05, 0) is 5.56 Å². The van der Waals surface area contributed by atoms with Crippen molar-refractivity contribution in [2.45, 2.75) is 13.0 Å². The fourth-order valence-electron chi connectivity index (χ4n) is 1.63. The van der Waals surface area contributed by atoms with Crippen molar-refractivity contribution in [3.8, 4) is 0 Å². The minimum atomic E-state index is -0.469. The molecule has 1 amide bonds. The van der Waals surface area contributed by atoms with Crippen LogP contribution in [0.5, 0.6) is 0 Å². The molecule has 0 atom stereocenters. The van der Waals surface area contributed by atoms with Crippen molar-refractivity contribution in [2.75, 3.05) is 12.5 Å². The van der Waals surface area contributed by atoms with Gasteiger partial charge in [0, 0.05) is 11.8 Å². The second-order valence-electron chi connectivity index (χ2n) is 4.07. The van der Waals surface area contributed by atoms with Crippen LogP contribution >= 0.6 is 22.9 Å². The second kappa shape index (κ2) is 7.87. The Kier molecular flexibility index (Phi) is 5.83. The maximum absolute atomic E-state index is 11.3. The molecule has 0 radical (unpaired) electrons. The van der Waals surface area contributed by atoms with E-state index in [2.05, 4.69) is 22.4 Å². The predicted octanol–water partition coefficient (Wildman–Crippen LogP) is 3.20. The SMILES string of the molecule is O=C(NCc1csc(Cc2ccccc2)n1)OCCCl. The highest BCUT2D eigenvalue weighted by Gasteiger charge is 2.06. The summed E-state index contributed by atoms with van der Waals surface area (Å²) in [6, 6.07) is 10.2. The molecule has 1 N–H and O–H groups in total. The summed E-state index contributed by atoms with van der Waals surface area (Å²) in [5.74, 6) is 0.297. The standard InChI is InChI=1S/C14H15ClN2O2S/c15-6-7-19-14(18)16-9-12-10-20-13(17-12)8-11-4-2-1-3-5-11/h1-5,10H,6-9H2,(H,16,18). The number of thiazole rings is 1. The number of carbonyl (C=O) groups is 1. The summed E-state index contributed by atoms with van der Waals surface area (Å²) in [5.41, 5.74) is 2.06. The lowest BCUT2D eigenvalue weighted by atomic mass is 10.2. The van der Waals surface area contributed by atoms with Gasteiger partial charge in [0.25, 0.3) is 0 Å². The summed E-state index contributed by atoms with van der Waals surface area (Å²) >= 11 is 7.02. The summed E-state index contributed by atoms with van der Waals surface area (Å²) < 4.78 is 4.81. The van der Waals surface area contributed by atoms with E-state index in [0.717, 1.165) is 17.1 Å². The van der Waals surface area contributed by atoms with E-state index in [-0.39, 0.29) is 6.61 Å². The van der Waals surface area contributed by atoms with Crippen molar-refractivity contribution in [1.29, 1.82) is 0 Å². The van der Waals surface area contributed by atoms with Crippen LogP contribution in [0.15, 0.2) is 35.7 Å². The van der Waals surface area contributed by atoms with Gasteiger partial charge in [-0.15, -0.1) is 22.9 Å². The van der Waals surface area contributed by atoms with Gasteiger partial charge < -0.3 is 10.1 Å². The normalized spacial score (nSPS) is 10.2. The number of nitrogens with zero attached hydrogens (tertiary/aromatic N) is 1. The third-order valence-corrected chi connectivity index (χ3v) is 3.57. The molecule has 0 aliphatic carbocycles. The zero-order valence-corrected chi connectivity index (χ0v) is 12.4. The van der Waals surface area contributed by atoms with E-state index in [0.29, 0.717) is 12.4 Å². The molecule has 0 fully saturated rings. The van der Waals surface area contributed by atoms with Crippen LogP contribution < -0.4 is 5.32 Å². The Balaban J connectivity index is 1.82. The fourth-order valence-corrected chi connectivity index (χ4v) is 2.53. The number of nitrogens with one attached hydrogen (secondary N) is 1. The molecule has 0 saturated heterocycles. The van der Waals surface area contributed by atoms with Crippen molar-refractivity contribution in [2.24, 2.45) is 0 Å². The maximum atomic E-state index is 11.3. The molecule has 2 aromatic rings. The molecule has 2 rings (SSSR count). The maximum Gasteiger partial charge on any atom is 0.407 e. The molecular formula is C14H15ClN2O2S. The van der Waals surface area contributed by atoms with E-state index in [4.69, 9.17) is 16.3 Å². The third-order valence-electron chi connectivity index (χ3n) is 2.52. The lowest BCUT2D eigenvalue weighted by molar-refractivity contribution is 0.152. The molecule has 6 heteroatoms. The summed E-state index contributed by atoms with van der Waals surface area (Å²) in [7, 11) is 0. The van der Waals surface area contributed by atoms with Gasteiger partial charge in [0.05, 0.1) is 23.1 Å². The summed E-state index contributed by atoms with van der Waals surface area (Å²) in [4.78, 5) is 15.7. The zero-order valence-electron chi connectivity index (χ0n) is 10.8. The number of ether oxygens (including phenoxy) is 1. The summed E-state index contributed by atoms with van der Waals surface area (Å²) in [6.45, 7) is 0.579. The van der Waals surface area contributed by atoms with Gasteiger partial charge in [0.2, 0.25) is 0 Å². The minimum absolute atomic E-state index is 0.212. The number of aromatic nitrogens is 1. The van der Waals surface area contributed by atoms with Crippen LogP contribution in [0.1, 0.15) is 16.3 Å². The topological polar surface area (TPSA) is 51.2 Å². The van der Waals surface area contributed by atoms with E-state index >= 15 is 0 Å². The number of carbonyl (C=O) groups excluding carboxylic acids is 1. The van der Waals surface area contributed by atoms with E-state index in [1.807, 2.05) is 23.6 Å². The molecule has 0 spiro atoms. The highest BCUT2D eigenvalue weighted by Crippen LogP contribution is 2.14. The van der Waals surface area contributed by atoms with Crippen molar-refractivity contribution in [3.63, 3.8) is 0 Å². The quantitative estimate of drug-likeness (QED) is 0.834. The van der Waals surface area contributed by atoms with Gasteiger partial charge in [0.1, 0.15) is 6.61 Å². The highest BCUT2D eigenvalue weighted by atomic mass is 35.5. The molecule has 4 nitrogen and oxygen atoms in total. The van der Waals surface area contributed by atoms with Crippen molar-refractivity contribution in [3.05, 3.63) is 52.0 Å². The van der Waals surface area contributed by atoms with E-state index in [1.165, 1.54) is 5.56 Å². The molecule has 106 valence electrons. The fraction of sp³-hybridized carbons (Fsp3) is 0.286. The Hall–Kier alpha value is -1.59. The predicted molar refractivity (Wildman–Crippen MR) is 80.3 cm³/mol. The van der Waals surface area contributed by atoms with Crippen LogP contribution in [-0.4, -0.2) is 23.6 Å². The number of halogens is 1. The number of alkyl carbamates (subject to hydrolysis) is 1. The van der Waals surface area contributed by atoms with E-state index in [9.17, 15) is 4.79 Å². The molecule has 20 heavy (non-hydrogen) atoms. The van der Waals surface area contributed by atoms with Crippen LogP contribution in [0.25, 0.3) is 0 Å². The molecule has 0 bridgehead atoms. The van der Waals surface area contributed by atoms with Crippen molar-refractivity contribution < 1.29 is 9.53 Å². The van der Waals surface area contributed by atoms with Crippen molar-refractivity contribution >= 4 is 29.0 Å². The lowest BCUT2D eigenvalue weighted by Crippen LogP contribution is -2.24. The second-order valence-corrected chi connectivity index (χ2v) is 5.39. The number of amides is 1. The molecule has 0 aliphatic rings. The van der Waals surface area contributed by atoms with Crippen LogP contribution in [0.3, 0.4) is 0 Å². The Morgan fingerprint density at radius 3 is 2.90 bits per heavy atom. The van der Waals surface area contributed by atoms with Gasteiger partial charge >= 0.3 is 6.09 Å². The summed E-state index contributed by atoms with van der Waals surface area (Å²) in [6.07, 6.45) is 0.339. The van der Waals surface area contributed by atoms with Crippen LogP contribution in [0.4, 0.5) is 4.79 Å². The first-order valence-electron chi connectivity index (χ1n) is 6.21. The molecule has 0 aliphatic heterocycles. The molecule has 1 aromatic heterocycles. The van der Waals surface area contributed by atoms with Gasteiger partial charge in [0.15, 0.2) is 0 Å². The van der Waals surface area contributed by atoms with Crippen LogP contribution in [0, 0.1) is 0 Å². The smallest absolute Gasteiger partial charge is 0.407 e. The first kappa shape index (κ1) is 14.8. The number of hydrogen-bond acceptors (Lipinski definition) is 4. The molecular weight excluding hydrogens is 296 g/mol. The molecule has 1 heterocycles. The van der Waals surface area contributed by atoms with Gasteiger partial charge in [-0.1, -0.05) is 30.3 Å². The Labute approximate surface area is 126 Å². The minimum Gasteiger partial charge on any atom is -0.448 e. The van der Waals surface area contributed by atoms with Gasteiger partial charge in [-0.2, -0.15) is 0 Å². The largest absolute Gasteiger partial charge is 0.448 e. The molecule has 0 saturated carbocycles.